The Morgan fingerprint density at radius 2 is 1.94 bits per heavy atom. The minimum atomic E-state index is 0.236. The Kier molecular flexibility index (Phi) is 3.79. The molecule has 3 nitrogen and oxygen atoms in total. The summed E-state index contributed by atoms with van der Waals surface area (Å²) in [7, 11) is 0. The molecule has 2 rings (SSSR count). The lowest BCUT2D eigenvalue weighted by molar-refractivity contribution is -0.128. The Bertz CT molecular complexity index is 386. The lowest BCUT2D eigenvalue weighted by atomic mass is 10.1. The van der Waals surface area contributed by atoms with E-state index in [-0.39, 0.29) is 5.91 Å². The van der Waals surface area contributed by atoms with Crippen molar-refractivity contribution in [1.29, 1.82) is 0 Å². The Morgan fingerprint density at radius 1 is 1.29 bits per heavy atom. The van der Waals surface area contributed by atoms with Crippen LogP contribution < -0.4 is 5.73 Å². The van der Waals surface area contributed by atoms with Crippen molar-refractivity contribution in [2.24, 2.45) is 11.7 Å². The predicted molar refractivity (Wildman–Crippen MR) is 68.4 cm³/mol. The maximum absolute atomic E-state index is 11.7. The van der Waals surface area contributed by atoms with Crippen molar-refractivity contribution in [1.82, 2.24) is 4.90 Å². The first-order valence-electron chi connectivity index (χ1n) is 6.28. The predicted octanol–water partition coefficient (Wildman–Crippen LogP) is 1.56. The molecular weight excluding hydrogens is 212 g/mol. The van der Waals surface area contributed by atoms with Crippen molar-refractivity contribution in [3.8, 4) is 0 Å². The van der Waals surface area contributed by atoms with Gasteiger partial charge in [-0.1, -0.05) is 31.2 Å². The highest BCUT2D eigenvalue weighted by Gasteiger charge is 2.28. The van der Waals surface area contributed by atoms with Crippen molar-refractivity contribution in [3.05, 3.63) is 35.4 Å². The third-order valence-corrected chi connectivity index (χ3v) is 3.43. The van der Waals surface area contributed by atoms with Gasteiger partial charge >= 0.3 is 0 Å². The molecule has 0 aromatic heterocycles. The van der Waals surface area contributed by atoms with Crippen LogP contribution in [0.1, 0.15) is 24.5 Å². The number of hydrogen-bond acceptors (Lipinski definition) is 2. The summed E-state index contributed by atoms with van der Waals surface area (Å²) in [5, 5.41) is 0. The molecular formula is C14H20N2O. The molecule has 1 amide bonds. The van der Waals surface area contributed by atoms with E-state index in [1.807, 2.05) is 4.90 Å². The number of amides is 1. The lowest BCUT2D eigenvalue weighted by Crippen LogP contribution is -2.25. The van der Waals surface area contributed by atoms with Gasteiger partial charge < -0.3 is 10.6 Å². The molecule has 1 atom stereocenters. The summed E-state index contributed by atoms with van der Waals surface area (Å²) >= 11 is 0. The van der Waals surface area contributed by atoms with Crippen LogP contribution in [0.3, 0.4) is 0 Å². The highest BCUT2D eigenvalue weighted by Crippen LogP contribution is 2.19. The molecule has 0 saturated carbocycles. The van der Waals surface area contributed by atoms with Crippen LogP contribution in [-0.4, -0.2) is 23.9 Å². The quantitative estimate of drug-likeness (QED) is 0.856. The van der Waals surface area contributed by atoms with Gasteiger partial charge in [0.2, 0.25) is 5.91 Å². The monoisotopic (exact) mass is 232 g/mol. The zero-order valence-corrected chi connectivity index (χ0v) is 10.4. The number of carbonyl (C=O) groups excluding carboxylic acids is 1. The molecule has 0 spiro atoms. The van der Waals surface area contributed by atoms with Crippen molar-refractivity contribution in [3.63, 3.8) is 0 Å². The first kappa shape index (κ1) is 12.1. The number of hydrogen-bond donors (Lipinski definition) is 1. The highest BCUT2D eigenvalue weighted by molar-refractivity contribution is 5.78. The molecule has 2 N–H and O–H groups in total. The second kappa shape index (κ2) is 5.32. The number of aryl methyl sites for hydroxylation is 1. The fourth-order valence-electron chi connectivity index (χ4n) is 2.27. The maximum atomic E-state index is 11.7. The molecule has 3 heteroatoms. The molecule has 92 valence electrons. The zero-order valence-electron chi connectivity index (χ0n) is 10.4. The highest BCUT2D eigenvalue weighted by atomic mass is 16.2. The molecule has 0 radical (unpaired) electrons. The molecule has 1 aromatic rings. The Labute approximate surface area is 103 Å². The molecule has 1 aromatic carbocycles. The zero-order chi connectivity index (χ0) is 12.3. The Morgan fingerprint density at radius 3 is 2.47 bits per heavy atom. The largest absolute Gasteiger partial charge is 0.338 e. The van der Waals surface area contributed by atoms with Gasteiger partial charge in [-0.2, -0.15) is 0 Å². The van der Waals surface area contributed by atoms with Gasteiger partial charge in [0, 0.05) is 19.5 Å². The first-order valence-corrected chi connectivity index (χ1v) is 6.28. The van der Waals surface area contributed by atoms with Gasteiger partial charge in [-0.15, -0.1) is 0 Å². The van der Waals surface area contributed by atoms with Crippen LogP contribution in [0.25, 0.3) is 0 Å². The fourth-order valence-corrected chi connectivity index (χ4v) is 2.27. The van der Waals surface area contributed by atoms with Crippen LogP contribution in [0.2, 0.25) is 0 Å². The molecule has 1 fully saturated rings. The SMILES string of the molecule is CCc1ccc(CN2CC(CN)CC2=O)cc1. The van der Waals surface area contributed by atoms with Crippen LogP contribution >= 0.6 is 0 Å². The van der Waals surface area contributed by atoms with Crippen LogP contribution in [-0.2, 0) is 17.8 Å². The normalized spacial score (nSPS) is 20.0. The Balaban J connectivity index is 1.98. The summed E-state index contributed by atoms with van der Waals surface area (Å²) in [6, 6.07) is 8.50. The molecule has 1 heterocycles. The third-order valence-electron chi connectivity index (χ3n) is 3.43. The summed E-state index contributed by atoms with van der Waals surface area (Å²) in [5.41, 5.74) is 8.15. The average molecular weight is 232 g/mol. The van der Waals surface area contributed by atoms with Gasteiger partial charge in [0.25, 0.3) is 0 Å². The van der Waals surface area contributed by atoms with E-state index in [0.29, 0.717) is 18.9 Å². The molecule has 0 aliphatic carbocycles. The van der Waals surface area contributed by atoms with E-state index >= 15 is 0 Å². The smallest absolute Gasteiger partial charge is 0.223 e. The Hall–Kier alpha value is -1.35. The average Bonchev–Trinajstić information content (AvgIpc) is 2.71. The van der Waals surface area contributed by atoms with Gasteiger partial charge in [0.05, 0.1) is 0 Å². The number of rotatable bonds is 4. The summed E-state index contributed by atoms with van der Waals surface area (Å²) in [5.74, 6) is 0.581. The molecule has 1 unspecified atom stereocenters. The van der Waals surface area contributed by atoms with E-state index in [1.54, 1.807) is 0 Å². The number of carbonyl (C=O) groups is 1. The summed E-state index contributed by atoms with van der Waals surface area (Å²) in [6.45, 7) is 4.28. The lowest BCUT2D eigenvalue weighted by Gasteiger charge is -2.16. The van der Waals surface area contributed by atoms with Crippen molar-refractivity contribution >= 4 is 5.91 Å². The van der Waals surface area contributed by atoms with E-state index < -0.39 is 0 Å². The third kappa shape index (κ3) is 2.86. The molecule has 0 bridgehead atoms. The van der Waals surface area contributed by atoms with Crippen molar-refractivity contribution < 1.29 is 4.79 Å². The van der Waals surface area contributed by atoms with Gasteiger partial charge in [0.1, 0.15) is 0 Å². The number of benzene rings is 1. The van der Waals surface area contributed by atoms with Crippen LogP contribution in [0.5, 0.6) is 0 Å². The molecule has 17 heavy (non-hydrogen) atoms. The van der Waals surface area contributed by atoms with Crippen LogP contribution in [0.4, 0.5) is 0 Å². The van der Waals surface area contributed by atoms with Crippen molar-refractivity contribution in [2.75, 3.05) is 13.1 Å². The van der Waals surface area contributed by atoms with Gasteiger partial charge in [0.15, 0.2) is 0 Å². The van der Waals surface area contributed by atoms with E-state index in [2.05, 4.69) is 31.2 Å². The van der Waals surface area contributed by atoms with Gasteiger partial charge in [-0.05, 0) is 30.0 Å². The first-order chi connectivity index (χ1) is 8.22. The van der Waals surface area contributed by atoms with E-state index in [9.17, 15) is 4.79 Å². The second-order valence-corrected chi connectivity index (χ2v) is 4.75. The number of nitrogens with two attached hydrogens (primary N) is 1. The maximum Gasteiger partial charge on any atom is 0.223 e. The minimum absolute atomic E-state index is 0.236. The topological polar surface area (TPSA) is 46.3 Å². The standard InChI is InChI=1S/C14H20N2O/c1-2-11-3-5-12(6-4-11)9-16-10-13(8-15)7-14(16)17/h3-6,13H,2,7-10,15H2,1H3. The van der Waals surface area contributed by atoms with Crippen LogP contribution in [0, 0.1) is 5.92 Å². The fraction of sp³-hybridized carbons (Fsp3) is 0.500. The van der Waals surface area contributed by atoms with Gasteiger partial charge in [-0.3, -0.25) is 4.79 Å². The molecule has 1 saturated heterocycles. The summed E-state index contributed by atoms with van der Waals surface area (Å²) in [4.78, 5) is 13.7. The number of nitrogens with zero attached hydrogens (tertiary/aromatic N) is 1. The van der Waals surface area contributed by atoms with E-state index in [0.717, 1.165) is 19.5 Å². The second-order valence-electron chi connectivity index (χ2n) is 4.75. The van der Waals surface area contributed by atoms with Gasteiger partial charge in [-0.25, -0.2) is 0 Å². The summed E-state index contributed by atoms with van der Waals surface area (Å²) < 4.78 is 0. The van der Waals surface area contributed by atoms with E-state index in [1.165, 1.54) is 11.1 Å². The van der Waals surface area contributed by atoms with Crippen LogP contribution in [0.15, 0.2) is 24.3 Å². The van der Waals surface area contributed by atoms with Crippen molar-refractivity contribution in [2.45, 2.75) is 26.3 Å². The summed E-state index contributed by atoms with van der Waals surface area (Å²) in [6.07, 6.45) is 1.67. The minimum Gasteiger partial charge on any atom is -0.338 e. The molecule has 1 aliphatic rings. The van der Waals surface area contributed by atoms with E-state index in [4.69, 9.17) is 5.73 Å². The number of likely N-dealkylation sites (tertiary alicyclic amines) is 1. The molecule has 1 aliphatic heterocycles.